The molecule has 2 aliphatic rings. The highest BCUT2D eigenvalue weighted by molar-refractivity contribution is 5.95. The number of likely N-dealkylation sites (tertiary alicyclic amines) is 1. The smallest absolute Gasteiger partial charge is 0.263 e. The summed E-state index contributed by atoms with van der Waals surface area (Å²) in [4.78, 5) is 28.3. The van der Waals surface area contributed by atoms with E-state index in [0.29, 0.717) is 17.9 Å². The number of pyridine rings is 1. The van der Waals surface area contributed by atoms with E-state index < -0.39 is 0 Å². The minimum atomic E-state index is -0.197. The highest BCUT2D eigenvalue weighted by atomic mass is 35.5. The first kappa shape index (κ1) is 20.6. The van der Waals surface area contributed by atoms with E-state index in [2.05, 4.69) is 10.5 Å². The Bertz CT molecular complexity index is 901. The maximum absolute atomic E-state index is 13.4. The van der Waals surface area contributed by atoms with Crippen molar-refractivity contribution < 1.29 is 9.32 Å². The van der Waals surface area contributed by atoms with Crippen LogP contribution in [0.5, 0.6) is 0 Å². The van der Waals surface area contributed by atoms with Gasteiger partial charge < -0.3 is 19.3 Å². The quantitative estimate of drug-likeness (QED) is 0.847. The van der Waals surface area contributed by atoms with Crippen LogP contribution in [0.15, 0.2) is 27.6 Å². The Morgan fingerprint density at radius 3 is 2.68 bits per heavy atom. The van der Waals surface area contributed by atoms with Gasteiger partial charge >= 0.3 is 0 Å². The van der Waals surface area contributed by atoms with Crippen LogP contribution in [0.25, 0.3) is 0 Å². The van der Waals surface area contributed by atoms with Gasteiger partial charge in [-0.15, -0.1) is 12.4 Å². The number of nitrogens with zero attached hydrogens (tertiary/aromatic N) is 3. The predicted octanol–water partition coefficient (Wildman–Crippen LogP) is 2.78. The van der Waals surface area contributed by atoms with Gasteiger partial charge in [-0.25, -0.2) is 0 Å². The third-order valence-corrected chi connectivity index (χ3v) is 5.73. The molecule has 8 heteroatoms. The molecule has 0 aliphatic carbocycles. The molecule has 2 aliphatic heterocycles. The van der Waals surface area contributed by atoms with E-state index in [9.17, 15) is 9.59 Å². The van der Waals surface area contributed by atoms with Gasteiger partial charge in [0.25, 0.3) is 11.5 Å². The molecule has 0 spiro atoms. The number of piperidine rings is 1. The molecule has 2 fully saturated rings. The second kappa shape index (κ2) is 8.49. The standard InChI is InChI=1S/C20H26N4O3.ClH/c1-13-7-11-23(15-5-8-21-9-6-15)19(25)18(13)20(26)24-10-3-4-16(24)17-12-14(2)22-27-17;/h7,11-12,15-16,21H,3-6,8-10H2,1-2H3;1H. The van der Waals surface area contributed by atoms with Gasteiger partial charge in [0.1, 0.15) is 5.56 Å². The van der Waals surface area contributed by atoms with Gasteiger partial charge in [-0.3, -0.25) is 9.59 Å². The number of amides is 1. The Morgan fingerprint density at radius 2 is 2.00 bits per heavy atom. The molecule has 4 heterocycles. The zero-order valence-corrected chi connectivity index (χ0v) is 17.1. The molecule has 1 N–H and O–H groups in total. The van der Waals surface area contributed by atoms with Crippen LogP contribution < -0.4 is 10.9 Å². The minimum Gasteiger partial charge on any atom is -0.359 e. The number of hydrogen-bond donors (Lipinski definition) is 1. The maximum Gasteiger partial charge on any atom is 0.263 e. The highest BCUT2D eigenvalue weighted by Gasteiger charge is 2.35. The van der Waals surface area contributed by atoms with E-state index in [1.807, 2.05) is 32.2 Å². The molecule has 1 unspecified atom stereocenters. The Balaban J connectivity index is 0.00000225. The van der Waals surface area contributed by atoms with Crippen molar-refractivity contribution in [1.82, 2.24) is 19.9 Å². The largest absolute Gasteiger partial charge is 0.359 e. The van der Waals surface area contributed by atoms with E-state index in [4.69, 9.17) is 4.52 Å². The van der Waals surface area contributed by atoms with E-state index >= 15 is 0 Å². The van der Waals surface area contributed by atoms with Crippen molar-refractivity contribution in [2.45, 2.75) is 51.6 Å². The van der Waals surface area contributed by atoms with E-state index in [1.165, 1.54) is 0 Å². The summed E-state index contributed by atoms with van der Waals surface area (Å²) in [5.41, 5.74) is 1.65. The van der Waals surface area contributed by atoms with Crippen LogP contribution in [0, 0.1) is 13.8 Å². The molecular weight excluding hydrogens is 380 g/mol. The topological polar surface area (TPSA) is 80.4 Å². The molecule has 0 radical (unpaired) electrons. The average Bonchev–Trinajstić information content (AvgIpc) is 3.31. The molecule has 152 valence electrons. The Kier molecular flexibility index (Phi) is 6.25. The maximum atomic E-state index is 13.4. The molecular formula is C20H27ClN4O3. The van der Waals surface area contributed by atoms with Crippen molar-refractivity contribution in [3.8, 4) is 0 Å². The van der Waals surface area contributed by atoms with Crippen LogP contribution in [0.4, 0.5) is 0 Å². The third-order valence-electron chi connectivity index (χ3n) is 5.73. The number of halogens is 1. The van der Waals surface area contributed by atoms with Crippen molar-refractivity contribution >= 4 is 18.3 Å². The molecule has 2 aromatic rings. The number of carbonyl (C=O) groups excluding carboxylic acids is 1. The van der Waals surface area contributed by atoms with Crippen LogP contribution in [0.2, 0.25) is 0 Å². The molecule has 0 aromatic carbocycles. The Hall–Kier alpha value is -2.12. The van der Waals surface area contributed by atoms with Gasteiger partial charge in [-0.2, -0.15) is 0 Å². The number of carbonyl (C=O) groups is 1. The van der Waals surface area contributed by atoms with Gasteiger partial charge in [0.05, 0.1) is 11.7 Å². The van der Waals surface area contributed by atoms with Crippen molar-refractivity contribution in [2.24, 2.45) is 0 Å². The molecule has 0 bridgehead atoms. The fourth-order valence-corrected chi connectivity index (χ4v) is 4.26. The van der Waals surface area contributed by atoms with Crippen LogP contribution >= 0.6 is 12.4 Å². The minimum absolute atomic E-state index is 0. The Morgan fingerprint density at radius 1 is 1.25 bits per heavy atom. The molecule has 4 rings (SSSR count). The molecule has 1 atom stereocenters. The zero-order valence-electron chi connectivity index (χ0n) is 16.3. The lowest BCUT2D eigenvalue weighted by Crippen LogP contribution is -2.40. The van der Waals surface area contributed by atoms with Crippen molar-refractivity contribution in [3.63, 3.8) is 0 Å². The Labute approximate surface area is 170 Å². The van der Waals surface area contributed by atoms with Crippen LogP contribution in [0.3, 0.4) is 0 Å². The van der Waals surface area contributed by atoms with Crippen molar-refractivity contribution in [3.05, 3.63) is 51.3 Å². The number of aryl methyl sites for hydroxylation is 2. The summed E-state index contributed by atoms with van der Waals surface area (Å²) in [6.07, 6.45) is 5.37. The second-order valence-electron chi connectivity index (χ2n) is 7.59. The van der Waals surface area contributed by atoms with Gasteiger partial charge in [0.2, 0.25) is 0 Å². The van der Waals surface area contributed by atoms with Gasteiger partial charge in [0, 0.05) is 24.8 Å². The lowest BCUT2D eigenvalue weighted by Gasteiger charge is -2.27. The molecule has 7 nitrogen and oxygen atoms in total. The third kappa shape index (κ3) is 3.73. The second-order valence-corrected chi connectivity index (χ2v) is 7.59. The molecule has 1 amide bonds. The van der Waals surface area contributed by atoms with E-state index in [1.54, 1.807) is 9.47 Å². The van der Waals surface area contributed by atoms with Crippen LogP contribution in [0.1, 0.15) is 65.1 Å². The predicted molar refractivity (Wildman–Crippen MR) is 108 cm³/mol. The lowest BCUT2D eigenvalue weighted by atomic mass is 10.0. The van der Waals surface area contributed by atoms with E-state index in [0.717, 1.165) is 50.0 Å². The molecule has 0 saturated carbocycles. The van der Waals surface area contributed by atoms with Gasteiger partial charge in [0.15, 0.2) is 5.76 Å². The summed E-state index contributed by atoms with van der Waals surface area (Å²) in [7, 11) is 0. The number of hydrogen-bond acceptors (Lipinski definition) is 5. The molecule has 2 saturated heterocycles. The fourth-order valence-electron chi connectivity index (χ4n) is 4.26. The zero-order chi connectivity index (χ0) is 19.0. The van der Waals surface area contributed by atoms with Crippen LogP contribution in [-0.2, 0) is 0 Å². The normalized spacial score (nSPS) is 20.2. The SMILES string of the molecule is Cc1cc(C2CCCN2C(=O)c2c(C)ccn(C3CCNCC3)c2=O)on1.Cl. The monoisotopic (exact) mass is 406 g/mol. The summed E-state index contributed by atoms with van der Waals surface area (Å²) < 4.78 is 7.16. The highest BCUT2D eigenvalue weighted by Crippen LogP contribution is 2.33. The molecule has 28 heavy (non-hydrogen) atoms. The number of aromatic nitrogens is 2. The number of rotatable bonds is 3. The van der Waals surface area contributed by atoms with Gasteiger partial charge in [-0.05, 0) is 64.3 Å². The fraction of sp³-hybridized carbons (Fsp3) is 0.550. The van der Waals surface area contributed by atoms with Gasteiger partial charge in [-0.1, -0.05) is 5.16 Å². The average molecular weight is 407 g/mol. The summed E-state index contributed by atoms with van der Waals surface area (Å²) in [6, 6.07) is 3.77. The first-order valence-corrected chi connectivity index (χ1v) is 9.73. The lowest BCUT2D eigenvalue weighted by molar-refractivity contribution is 0.0711. The number of nitrogens with one attached hydrogen (secondary N) is 1. The summed E-state index contributed by atoms with van der Waals surface area (Å²) >= 11 is 0. The summed E-state index contributed by atoms with van der Waals surface area (Å²) in [5.74, 6) is 0.503. The summed E-state index contributed by atoms with van der Waals surface area (Å²) in [6.45, 7) is 6.13. The first-order chi connectivity index (χ1) is 13.1. The van der Waals surface area contributed by atoms with Crippen molar-refractivity contribution in [2.75, 3.05) is 19.6 Å². The first-order valence-electron chi connectivity index (χ1n) is 9.73. The van der Waals surface area contributed by atoms with Crippen LogP contribution in [-0.4, -0.2) is 40.2 Å². The van der Waals surface area contributed by atoms with E-state index in [-0.39, 0.29) is 36.0 Å². The summed E-state index contributed by atoms with van der Waals surface area (Å²) in [5, 5.41) is 7.27. The van der Waals surface area contributed by atoms with Crippen molar-refractivity contribution in [1.29, 1.82) is 0 Å². The molecule has 2 aromatic heterocycles.